The fourth-order valence-electron chi connectivity index (χ4n) is 4.95. The molecule has 3 aromatic carbocycles. The molecule has 0 spiro atoms. The fraction of sp³-hybridized carbons (Fsp3) is 0.259. The van der Waals surface area contributed by atoms with Gasteiger partial charge in [-0.3, -0.25) is 0 Å². The number of amides is 2. The van der Waals surface area contributed by atoms with Gasteiger partial charge in [0.1, 0.15) is 0 Å². The molecule has 0 aliphatic carbocycles. The van der Waals surface area contributed by atoms with E-state index in [9.17, 15) is 15.2 Å². The summed E-state index contributed by atoms with van der Waals surface area (Å²) in [5, 5.41) is 20.6. The number of nitrogens with zero attached hydrogens (tertiary/aromatic N) is 3. The summed E-state index contributed by atoms with van der Waals surface area (Å²) in [6.45, 7) is 0.365. The molecule has 0 radical (unpaired) electrons. The second-order valence-electron chi connectivity index (χ2n) is 8.63. The van der Waals surface area contributed by atoms with Crippen molar-refractivity contribution in [2.45, 2.75) is 43.6 Å². The number of carbonyl (C=O) groups is 1. The SMILES string of the molecule is N#Cc1cccc(CN2C(=O)N3[C@@H]([C@@H](O)[C@H]2Cc2ccccc2)[C@H]3Cc2ccccc2)c1. The molecule has 3 aromatic rings. The summed E-state index contributed by atoms with van der Waals surface area (Å²) in [6, 6.07) is 29.1. The van der Waals surface area contributed by atoms with E-state index < -0.39 is 6.10 Å². The number of rotatable bonds is 6. The summed E-state index contributed by atoms with van der Waals surface area (Å²) >= 11 is 0. The maximum Gasteiger partial charge on any atom is 0.321 e. The number of aliphatic hydroxyl groups excluding tert-OH is 1. The van der Waals surface area contributed by atoms with Gasteiger partial charge in [-0.1, -0.05) is 72.8 Å². The highest BCUT2D eigenvalue weighted by Gasteiger charge is 2.62. The monoisotopic (exact) mass is 423 g/mol. The minimum Gasteiger partial charge on any atom is -0.389 e. The van der Waals surface area contributed by atoms with E-state index in [0.29, 0.717) is 18.5 Å². The Morgan fingerprint density at radius 1 is 0.812 bits per heavy atom. The summed E-state index contributed by atoms with van der Waals surface area (Å²) in [7, 11) is 0. The molecule has 5 nitrogen and oxygen atoms in total. The molecule has 0 unspecified atom stereocenters. The zero-order valence-electron chi connectivity index (χ0n) is 17.7. The van der Waals surface area contributed by atoms with Crippen molar-refractivity contribution in [2.75, 3.05) is 0 Å². The number of benzene rings is 3. The van der Waals surface area contributed by atoms with Crippen molar-refractivity contribution in [1.29, 1.82) is 5.26 Å². The first-order chi connectivity index (χ1) is 15.7. The van der Waals surface area contributed by atoms with Gasteiger partial charge in [-0.2, -0.15) is 5.26 Å². The summed E-state index contributed by atoms with van der Waals surface area (Å²) in [5.74, 6) is 0. The first kappa shape index (κ1) is 20.3. The summed E-state index contributed by atoms with van der Waals surface area (Å²) in [4.78, 5) is 17.2. The molecule has 4 atom stereocenters. The van der Waals surface area contributed by atoms with Crippen molar-refractivity contribution < 1.29 is 9.90 Å². The molecule has 0 saturated carbocycles. The minimum absolute atomic E-state index is 0.00798. The van der Waals surface area contributed by atoms with E-state index in [1.54, 1.807) is 11.0 Å². The number of carbonyl (C=O) groups excluding carboxylic acids is 1. The minimum atomic E-state index is -0.638. The number of nitriles is 1. The van der Waals surface area contributed by atoms with Gasteiger partial charge in [0.05, 0.1) is 35.9 Å². The third kappa shape index (κ3) is 3.86. The molecule has 2 aliphatic rings. The van der Waals surface area contributed by atoms with Crippen LogP contribution >= 0.6 is 0 Å². The van der Waals surface area contributed by atoms with Crippen molar-refractivity contribution in [2.24, 2.45) is 0 Å². The zero-order chi connectivity index (χ0) is 22.1. The van der Waals surface area contributed by atoms with Crippen LogP contribution in [0.5, 0.6) is 0 Å². The summed E-state index contributed by atoms with van der Waals surface area (Å²) in [5.41, 5.74) is 3.72. The average Bonchev–Trinajstić information content (AvgIpc) is 3.55. The van der Waals surface area contributed by atoms with E-state index in [-0.39, 0.29) is 24.2 Å². The highest BCUT2D eigenvalue weighted by molar-refractivity contribution is 5.80. The van der Waals surface area contributed by atoms with Crippen molar-refractivity contribution >= 4 is 6.03 Å². The quantitative estimate of drug-likeness (QED) is 0.614. The Balaban J connectivity index is 1.43. The molecule has 0 bridgehead atoms. The van der Waals surface area contributed by atoms with Crippen LogP contribution in [0.2, 0.25) is 0 Å². The van der Waals surface area contributed by atoms with Crippen LogP contribution in [0.1, 0.15) is 22.3 Å². The largest absolute Gasteiger partial charge is 0.389 e. The Labute approximate surface area is 188 Å². The molecule has 32 heavy (non-hydrogen) atoms. The maximum absolute atomic E-state index is 13.5. The van der Waals surface area contributed by atoms with Gasteiger partial charge in [0, 0.05) is 6.54 Å². The van der Waals surface area contributed by atoms with Gasteiger partial charge in [0.25, 0.3) is 0 Å². The van der Waals surface area contributed by atoms with Crippen molar-refractivity contribution in [3.05, 3.63) is 107 Å². The molecule has 2 aliphatic heterocycles. The molecule has 160 valence electrons. The molecule has 5 heteroatoms. The maximum atomic E-state index is 13.5. The molecular formula is C27H25N3O2. The van der Waals surface area contributed by atoms with Crippen LogP contribution in [-0.2, 0) is 19.4 Å². The lowest BCUT2D eigenvalue weighted by Crippen LogP contribution is -2.56. The molecule has 1 N–H and O–H groups in total. The van der Waals surface area contributed by atoms with Gasteiger partial charge in [0.15, 0.2) is 0 Å². The third-order valence-electron chi connectivity index (χ3n) is 6.58. The molecule has 0 aromatic heterocycles. The van der Waals surface area contributed by atoms with Gasteiger partial charge in [-0.15, -0.1) is 0 Å². The Hall–Kier alpha value is -3.62. The Morgan fingerprint density at radius 2 is 1.41 bits per heavy atom. The van der Waals surface area contributed by atoms with Crippen LogP contribution in [0.4, 0.5) is 4.79 Å². The highest BCUT2D eigenvalue weighted by Crippen LogP contribution is 2.42. The number of aliphatic hydroxyl groups is 1. The first-order valence-corrected chi connectivity index (χ1v) is 11.0. The number of urea groups is 1. The van der Waals surface area contributed by atoms with Crippen LogP contribution in [0, 0.1) is 11.3 Å². The number of fused-ring (bicyclic) bond motifs is 1. The van der Waals surface area contributed by atoms with Crippen LogP contribution in [-0.4, -0.2) is 45.2 Å². The fourth-order valence-corrected chi connectivity index (χ4v) is 4.95. The van der Waals surface area contributed by atoms with E-state index in [2.05, 4.69) is 18.2 Å². The van der Waals surface area contributed by atoms with Crippen molar-refractivity contribution in [3.8, 4) is 6.07 Å². The van der Waals surface area contributed by atoms with E-state index in [1.165, 1.54) is 5.56 Å². The van der Waals surface area contributed by atoms with Gasteiger partial charge >= 0.3 is 6.03 Å². The Morgan fingerprint density at radius 3 is 2.03 bits per heavy atom. The Kier molecular flexibility index (Phi) is 5.38. The third-order valence-corrected chi connectivity index (χ3v) is 6.58. The lowest BCUT2D eigenvalue weighted by atomic mass is 9.94. The standard InChI is InChI=1S/C27H25N3O2/c28-17-21-12-7-13-22(14-21)18-29-24(16-20-10-5-2-6-11-20)26(31)25-23(30(25)27(29)32)15-19-8-3-1-4-9-19/h1-14,23-26,31H,15-16,18H2/t23-,24-,25-,26+,30?/m1/s1. The van der Waals surface area contributed by atoms with Crippen molar-refractivity contribution in [3.63, 3.8) is 0 Å². The van der Waals surface area contributed by atoms with Crippen LogP contribution in [0.3, 0.4) is 0 Å². The predicted octanol–water partition coefficient (Wildman–Crippen LogP) is 3.76. The number of hydrogen-bond donors (Lipinski definition) is 1. The van der Waals surface area contributed by atoms with Gasteiger partial charge in [-0.05, 0) is 41.7 Å². The van der Waals surface area contributed by atoms with Crippen LogP contribution < -0.4 is 0 Å². The van der Waals surface area contributed by atoms with Crippen molar-refractivity contribution in [1.82, 2.24) is 9.80 Å². The van der Waals surface area contributed by atoms with Gasteiger partial charge in [0.2, 0.25) is 0 Å². The summed E-state index contributed by atoms with van der Waals surface area (Å²) < 4.78 is 0. The van der Waals surface area contributed by atoms with Crippen LogP contribution in [0.25, 0.3) is 0 Å². The highest BCUT2D eigenvalue weighted by atomic mass is 16.3. The van der Waals surface area contributed by atoms with Gasteiger partial charge < -0.3 is 14.9 Å². The smallest absolute Gasteiger partial charge is 0.321 e. The van der Waals surface area contributed by atoms with E-state index in [1.807, 2.05) is 71.6 Å². The summed E-state index contributed by atoms with van der Waals surface area (Å²) in [6.07, 6.45) is 0.693. The van der Waals surface area contributed by atoms with Crippen LogP contribution in [0.15, 0.2) is 84.9 Å². The number of hydrogen-bond acceptors (Lipinski definition) is 3. The second kappa shape index (κ2) is 8.49. The normalized spacial score (nSPS) is 24.1. The lowest BCUT2D eigenvalue weighted by molar-refractivity contribution is 0.0269. The molecule has 2 heterocycles. The lowest BCUT2D eigenvalue weighted by Gasteiger charge is -2.39. The molecular weight excluding hydrogens is 398 g/mol. The molecule has 2 amide bonds. The molecule has 2 saturated heterocycles. The first-order valence-electron chi connectivity index (χ1n) is 11.0. The molecule has 5 rings (SSSR count). The van der Waals surface area contributed by atoms with Gasteiger partial charge in [-0.25, -0.2) is 4.79 Å². The second-order valence-corrected chi connectivity index (χ2v) is 8.63. The Bertz CT molecular complexity index is 1140. The molecule has 2 fully saturated rings. The van der Waals surface area contributed by atoms with E-state index in [0.717, 1.165) is 17.5 Å². The van der Waals surface area contributed by atoms with E-state index in [4.69, 9.17) is 0 Å². The van der Waals surface area contributed by atoms with E-state index >= 15 is 0 Å². The topological polar surface area (TPSA) is 67.3 Å². The average molecular weight is 424 g/mol. The zero-order valence-corrected chi connectivity index (χ0v) is 17.7. The predicted molar refractivity (Wildman–Crippen MR) is 122 cm³/mol.